The molecule has 0 aromatic heterocycles. The van der Waals surface area contributed by atoms with Crippen LogP contribution in [0.4, 0.5) is 4.39 Å². The number of ether oxygens (including phenoxy) is 1. The highest BCUT2D eigenvalue weighted by Gasteiger charge is 2.07. The Bertz CT molecular complexity index is 557. The van der Waals surface area contributed by atoms with E-state index in [1.54, 1.807) is 24.3 Å². The van der Waals surface area contributed by atoms with Gasteiger partial charge in [0.1, 0.15) is 17.3 Å². The molecule has 94 valence electrons. The Morgan fingerprint density at radius 1 is 1.22 bits per heavy atom. The molecule has 0 aliphatic heterocycles. The van der Waals surface area contributed by atoms with E-state index in [-0.39, 0.29) is 11.9 Å². The zero-order valence-electron chi connectivity index (χ0n) is 9.86. The van der Waals surface area contributed by atoms with Gasteiger partial charge in [0, 0.05) is 12.1 Å². The van der Waals surface area contributed by atoms with Crippen LogP contribution < -0.4 is 10.5 Å². The Morgan fingerprint density at radius 2 is 2.00 bits per heavy atom. The summed E-state index contributed by atoms with van der Waals surface area (Å²) in [6, 6.07) is 11.1. The number of halogens is 2. The van der Waals surface area contributed by atoms with Crippen LogP contribution >= 0.6 is 11.6 Å². The van der Waals surface area contributed by atoms with Gasteiger partial charge in [-0.05, 0) is 36.8 Å². The first-order valence-corrected chi connectivity index (χ1v) is 5.92. The van der Waals surface area contributed by atoms with Crippen molar-refractivity contribution in [2.45, 2.75) is 13.0 Å². The third-order valence-electron chi connectivity index (χ3n) is 2.51. The van der Waals surface area contributed by atoms with E-state index < -0.39 is 0 Å². The Balaban J connectivity index is 2.24. The number of rotatable bonds is 3. The Hall–Kier alpha value is -1.58. The normalized spacial score (nSPS) is 12.2. The lowest BCUT2D eigenvalue weighted by Gasteiger charge is -2.11. The van der Waals surface area contributed by atoms with E-state index in [1.807, 2.05) is 13.0 Å². The second kappa shape index (κ2) is 5.38. The summed E-state index contributed by atoms with van der Waals surface area (Å²) >= 11 is 6.09. The fourth-order valence-corrected chi connectivity index (χ4v) is 1.77. The SMILES string of the molecule is C[C@@H](N)c1ccc(Oc2cccc(F)c2)c(Cl)c1. The van der Waals surface area contributed by atoms with Crippen molar-refractivity contribution in [3.63, 3.8) is 0 Å². The van der Waals surface area contributed by atoms with Gasteiger partial charge in [-0.3, -0.25) is 0 Å². The first-order chi connectivity index (χ1) is 8.56. The van der Waals surface area contributed by atoms with Crippen molar-refractivity contribution in [2.75, 3.05) is 0 Å². The van der Waals surface area contributed by atoms with E-state index in [0.29, 0.717) is 16.5 Å². The van der Waals surface area contributed by atoms with Crippen LogP contribution in [0.1, 0.15) is 18.5 Å². The molecule has 2 aromatic carbocycles. The second-order valence-corrected chi connectivity index (χ2v) is 4.45. The van der Waals surface area contributed by atoms with Crippen LogP contribution in [0.25, 0.3) is 0 Å². The highest BCUT2D eigenvalue weighted by molar-refractivity contribution is 6.32. The molecule has 0 heterocycles. The summed E-state index contributed by atoms with van der Waals surface area (Å²) in [4.78, 5) is 0. The molecule has 2 rings (SSSR count). The first-order valence-electron chi connectivity index (χ1n) is 5.54. The predicted octanol–water partition coefficient (Wildman–Crippen LogP) is 4.29. The zero-order valence-corrected chi connectivity index (χ0v) is 10.6. The molecule has 0 spiro atoms. The number of hydrogen-bond acceptors (Lipinski definition) is 2. The monoisotopic (exact) mass is 265 g/mol. The molecular weight excluding hydrogens is 253 g/mol. The van der Waals surface area contributed by atoms with Gasteiger partial charge in [0.15, 0.2) is 0 Å². The maximum absolute atomic E-state index is 13.0. The third-order valence-corrected chi connectivity index (χ3v) is 2.80. The van der Waals surface area contributed by atoms with Crippen molar-refractivity contribution in [1.82, 2.24) is 0 Å². The van der Waals surface area contributed by atoms with Crippen LogP contribution in [0.3, 0.4) is 0 Å². The summed E-state index contributed by atoms with van der Waals surface area (Å²) in [5.74, 6) is 0.535. The Kier molecular flexibility index (Phi) is 3.84. The van der Waals surface area contributed by atoms with Gasteiger partial charge in [-0.1, -0.05) is 23.7 Å². The molecule has 0 radical (unpaired) electrons. The minimum absolute atomic E-state index is 0.0919. The lowest BCUT2D eigenvalue weighted by atomic mass is 10.1. The van der Waals surface area contributed by atoms with Gasteiger partial charge < -0.3 is 10.5 Å². The molecule has 0 fully saturated rings. The largest absolute Gasteiger partial charge is 0.456 e. The van der Waals surface area contributed by atoms with Crippen LogP contribution in [-0.4, -0.2) is 0 Å². The summed E-state index contributed by atoms with van der Waals surface area (Å²) in [6.07, 6.45) is 0. The molecule has 0 bridgehead atoms. The molecule has 4 heteroatoms. The molecule has 1 atom stereocenters. The molecule has 0 saturated heterocycles. The molecule has 0 amide bonds. The van der Waals surface area contributed by atoms with E-state index in [4.69, 9.17) is 22.1 Å². The number of nitrogens with two attached hydrogens (primary N) is 1. The molecule has 0 saturated carbocycles. The van der Waals surface area contributed by atoms with Crippen LogP contribution in [0, 0.1) is 5.82 Å². The van der Waals surface area contributed by atoms with Gasteiger partial charge >= 0.3 is 0 Å². The van der Waals surface area contributed by atoms with Gasteiger partial charge in [0.25, 0.3) is 0 Å². The summed E-state index contributed by atoms with van der Waals surface area (Å²) in [6.45, 7) is 1.87. The van der Waals surface area contributed by atoms with Gasteiger partial charge in [-0.25, -0.2) is 4.39 Å². The van der Waals surface area contributed by atoms with E-state index in [1.165, 1.54) is 12.1 Å². The Morgan fingerprint density at radius 3 is 2.61 bits per heavy atom. The van der Waals surface area contributed by atoms with Crippen LogP contribution in [0.5, 0.6) is 11.5 Å². The molecular formula is C14H13ClFNO. The quantitative estimate of drug-likeness (QED) is 0.898. The van der Waals surface area contributed by atoms with Gasteiger partial charge in [-0.15, -0.1) is 0 Å². The fourth-order valence-electron chi connectivity index (χ4n) is 1.54. The van der Waals surface area contributed by atoms with Crippen LogP contribution in [0.15, 0.2) is 42.5 Å². The minimum atomic E-state index is -0.351. The van der Waals surface area contributed by atoms with Crippen LogP contribution in [0.2, 0.25) is 5.02 Å². The molecule has 0 aliphatic carbocycles. The topological polar surface area (TPSA) is 35.2 Å². The highest BCUT2D eigenvalue weighted by atomic mass is 35.5. The predicted molar refractivity (Wildman–Crippen MR) is 70.5 cm³/mol. The van der Waals surface area contributed by atoms with Crippen molar-refractivity contribution in [3.05, 3.63) is 58.9 Å². The summed E-state index contributed by atoms with van der Waals surface area (Å²) < 4.78 is 18.5. The standard InChI is InChI=1S/C14H13ClFNO/c1-9(17)10-5-6-14(13(15)7-10)18-12-4-2-3-11(16)8-12/h2-9H,17H2,1H3/t9-/m1/s1. The average Bonchev–Trinajstić information content (AvgIpc) is 2.31. The number of hydrogen-bond donors (Lipinski definition) is 1. The van der Waals surface area contributed by atoms with E-state index in [2.05, 4.69) is 0 Å². The Labute approximate surface area is 110 Å². The fraction of sp³-hybridized carbons (Fsp3) is 0.143. The summed E-state index contributed by atoms with van der Waals surface area (Å²) in [7, 11) is 0. The number of benzene rings is 2. The van der Waals surface area contributed by atoms with Crippen molar-refractivity contribution in [2.24, 2.45) is 5.73 Å². The van der Waals surface area contributed by atoms with E-state index >= 15 is 0 Å². The van der Waals surface area contributed by atoms with Crippen molar-refractivity contribution < 1.29 is 9.13 Å². The zero-order chi connectivity index (χ0) is 13.1. The summed E-state index contributed by atoms with van der Waals surface area (Å²) in [5, 5.41) is 0.453. The summed E-state index contributed by atoms with van der Waals surface area (Å²) in [5.41, 5.74) is 6.68. The first kappa shape index (κ1) is 12.9. The van der Waals surface area contributed by atoms with Gasteiger partial charge in [0.2, 0.25) is 0 Å². The van der Waals surface area contributed by atoms with E-state index in [9.17, 15) is 4.39 Å². The molecule has 2 nitrogen and oxygen atoms in total. The maximum Gasteiger partial charge on any atom is 0.146 e. The van der Waals surface area contributed by atoms with E-state index in [0.717, 1.165) is 5.56 Å². The average molecular weight is 266 g/mol. The minimum Gasteiger partial charge on any atom is -0.456 e. The van der Waals surface area contributed by atoms with Gasteiger partial charge in [0.05, 0.1) is 5.02 Å². The van der Waals surface area contributed by atoms with Crippen molar-refractivity contribution in [3.8, 4) is 11.5 Å². The lowest BCUT2D eigenvalue weighted by molar-refractivity contribution is 0.476. The molecule has 18 heavy (non-hydrogen) atoms. The maximum atomic E-state index is 13.0. The third kappa shape index (κ3) is 3.00. The van der Waals surface area contributed by atoms with Gasteiger partial charge in [-0.2, -0.15) is 0 Å². The molecule has 0 unspecified atom stereocenters. The molecule has 2 aromatic rings. The highest BCUT2D eigenvalue weighted by Crippen LogP contribution is 2.31. The second-order valence-electron chi connectivity index (χ2n) is 4.04. The van der Waals surface area contributed by atoms with Crippen LogP contribution in [-0.2, 0) is 0 Å². The molecule has 0 aliphatic rings. The van der Waals surface area contributed by atoms with Crippen molar-refractivity contribution >= 4 is 11.6 Å². The molecule has 2 N–H and O–H groups in total. The lowest BCUT2D eigenvalue weighted by Crippen LogP contribution is -2.04. The smallest absolute Gasteiger partial charge is 0.146 e. The van der Waals surface area contributed by atoms with Crippen molar-refractivity contribution in [1.29, 1.82) is 0 Å².